The number of benzene rings is 1. The summed E-state index contributed by atoms with van der Waals surface area (Å²) in [4.78, 5) is 24.9. The second-order valence-electron chi connectivity index (χ2n) is 4.46. The lowest BCUT2D eigenvalue weighted by Crippen LogP contribution is -2.38. The summed E-state index contributed by atoms with van der Waals surface area (Å²) in [5.41, 5.74) is 5.88. The van der Waals surface area contributed by atoms with E-state index in [-0.39, 0.29) is 18.9 Å². The second kappa shape index (κ2) is 8.27. The van der Waals surface area contributed by atoms with Crippen molar-refractivity contribution in [2.45, 2.75) is 19.8 Å². The van der Waals surface area contributed by atoms with Gasteiger partial charge < -0.3 is 5.73 Å². The van der Waals surface area contributed by atoms with Crippen LogP contribution in [0.2, 0.25) is 0 Å². The molecule has 0 spiro atoms. The molecular formula is C14H19IN2O2. The first kappa shape index (κ1) is 16.1. The van der Waals surface area contributed by atoms with Crippen LogP contribution < -0.4 is 5.73 Å². The average molecular weight is 374 g/mol. The first-order chi connectivity index (χ1) is 9.02. The van der Waals surface area contributed by atoms with Gasteiger partial charge in [0.15, 0.2) is 5.78 Å². The minimum atomic E-state index is -0.397. The monoisotopic (exact) mass is 374 g/mol. The topological polar surface area (TPSA) is 63.4 Å². The number of carbonyl (C=O) groups is 2. The number of halogens is 1. The fraction of sp³-hybridized carbons (Fsp3) is 0.429. The number of hydrogen-bond donors (Lipinski definition) is 1. The molecule has 2 N–H and O–H groups in total. The predicted octanol–water partition coefficient (Wildman–Crippen LogP) is 2.06. The van der Waals surface area contributed by atoms with Crippen molar-refractivity contribution in [2.75, 3.05) is 19.6 Å². The largest absolute Gasteiger partial charge is 0.369 e. The highest BCUT2D eigenvalue weighted by atomic mass is 127. The summed E-state index contributed by atoms with van der Waals surface area (Å²) in [5.74, 6) is -0.375. The molecule has 0 fully saturated rings. The maximum absolute atomic E-state index is 12.1. The minimum absolute atomic E-state index is 0.0220. The zero-order valence-electron chi connectivity index (χ0n) is 11.1. The average Bonchev–Trinajstić information content (AvgIpc) is 2.36. The lowest BCUT2D eigenvalue weighted by molar-refractivity contribution is -0.119. The molecule has 0 atom stereocenters. The van der Waals surface area contributed by atoms with E-state index in [0.717, 1.165) is 23.0 Å². The van der Waals surface area contributed by atoms with Gasteiger partial charge in [-0.25, -0.2) is 0 Å². The molecule has 0 radical (unpaired) electrons. The van der Waals surface area contributed by atoms with Gasteiger partial charge in [0.25, 0.3) is 0 Å². The number of Topliss-reactive ketones (excluding diaryl/α,β-unsaturated/α-hetero) is 1. The number of carbonyl (C=O) groups excluding carboxylic acids is 2. The molecule has 0 heterocycles. The summed E-state index contributed by atoms with van der Waals surface area (Å²) < 4.78 is 1.09. The fourth-order valence-corrected chi connectivity index (χ4v) is 2.11. The molecule has 0 aromatic heterocycles. The number of nitrogens with two attached hydrogens (primary N) is 1. The van der Waals surface area contributed by atoms with E-state index in [1.807, 2.05) is 29.2 Å². The maximum atomic E-state index is 12.1. The highest BCUT2D eigenvalue weighted by Gasteiger charge is 2.14. The van der Waals surface area contributed by atoms with Crippen molar-refractivity contribution in [1.29, 1.82) is 0 Å². The van der Waals surface area contributed by atoms with Gasteiger partial charge in [-0.3, -0.25) is 14.5 Å². The predicted molar refractivity (Wildman–Crippen MR) is 84.0 cm³/mol. The molecule has 0 aliphatic rings. The third-order valence-corrected chi connectivity index (χ3v) is 3.46. The summed E-state index contributed by atoms with van der Waals surface area (Å²) in [5, 5.41) is 0. The van der Waals surface area contributed by atoms with Crippen molar-refractivity contribution in [3.8, 4) is 0 Å². The number of ketones is 1. The molecule has 0 aliphatic carbocycles. The van der Waals surface area contributed by atoms with Gasteiger partial charge in [-0.05, 0) is 47.7 Å². The third-order valence-electron chi connectivity index (χ3n) is 2.74. The highest BCUT2D eigenvalue weighted by Crippen LogP contribution is 2.08. The SMILES string of the molecule is CCCCN(CC(N)=O)CC(=O)c1ccc(I)cc1. The molecule has 1 amide bonds. The third kappa shape index (κ3) is 6.15. The van der Waals surface area contributed by atoms with Gasteiger partial charge in [0, 0.05) is 9.13 Å². The van der Waals surface area contributed by atoms with Gasteiger partial charge in [0.1, 0.15) is 0 Å². The molecular weight excluding hydrogens is 355 g/mol. The number of amides is 1. The summed E-state index contributed by atoms with van der Waals surface area (Å²) >= 11 is 2.20. The Bertz CT molecular complexity index is 432. The Morgan fingerprint density at radius 1 is 1.21 bits per heavy atom. The van der Waals surface area contributed by atoms with Crippen molar-refractivity contribution in [3.05, 3.63) is 33.4 Å². The lowest BCUT2D eigenvalue weighted by atomic mass is 10.1. The normalized spacial score (nSPS) is 10.7. The van der Waals surface area contributed by atoms with Crippen LogP contribution in [-0.2, 0) is 4.79 Å². The Balaban J connectivity index is 2.63. The molecule has 104 valence electrons. The molecule has 1 aromatic carbocycles. The zero-order valence-corrected chi connectivity index (χ0v) is 13.2. The van der Waals surface area contributed by atoms with Gasteiger partial charge in [-0.1, -0.05) is 25.5 Å². The summed E-state index contributed by atoms with van der Waals surface area (Å²) in [6.45, 7) is 3.17. The Hall–Kier alpha value is -0.950. The van der Waals surface area contributed by atoms with Crippen LogP contribution in [0.1, 0.15) is 30.1 Å². The van der Waals surface area contributed by atoms with Crippen LogP contribution in [0.25, 0.3) is 0 Å². The second-order valence-corrected chi connectivity index (χ2v) is 5.71. The Kier molecular flexibility index (Phi) is 7.01. The van der Waals surface area contributed by atoms with E-state index in [2.05, 4.69) is 29.5 Å². The standard InChI is InChI=1S/C14H19IN2O2/c1-2-3-8-17(10-14(16)19)9-13(18)11-4-6-12(15)7-5-11/h4-7H,2-3,8-10H2,1H3,(H2,16,19). The maximum Gasteiger partial charge on any atom is 0.231 e. The van der Waals surface area contributed by atoms with Gasteiger partial charge >= 0.3 is 0 Å². The molecule has 1 rings (SSSR count). The number of primary amides is 1. The van der Waals surface area contributed by atoms with Crippen molar-refractivity contribution in [2.24, 2.45) is 5.73 Å². The molecule has 1 aromatic rings. The molecule has 0 saturated heterocycles. The summed E-state index contributed by atoms with van der Waals surface area (Å²) in [6.07, 6.45) is 1.97. The van der Waals surface area contributed by atoms with E-state index in [1.165, 1.54) is 0 Å². The molecule has 19 heavy (non-hydrogen) atoms. The lowest BCUT2D eigenvalue weighted by Gasteiger charge is -2.19. The van der Waals surface area contributed by atoms with E-state index < -0.39 is 5.91 Å². The van der Waals surface area contributed by atoms with Crippen LogP contribution in [-0.4, -0.2) is 36.2 Å². The molecule has 0 unspecified atom stereocenters. The van der Waals surface area contributed by atoms with Crippen molar-refractivity contribution in [1.82, 2.24) is 4.90 Å². The highest BCUT2D eigenvalue weighted by molar-refractivity contribution is 14.1. The summed E-state index contributed by atoms with van der Waals surface area (Å²) in [7, 11) is 0. The van der Waals surface area contributed by atoms with Crippen LogP contribution in [0, 0.1) is 3.57 Å². The van der Waals surface area contributed by atoms with Gasteiger partial charge in [-0.15, -0.1) is 0 Å². The van der Waals surface area contributed by atoms with Gasteiger partial charge in [-0.2, -0.15) is 0 Å². The zero-order chi connectivity index (χ0) is 14.3. The molecule has 0 saturated carbocycles. The van der Waals surface area contributed by atoms with E-state index >= 15 is 0 Å². The van der Waals surface area contributed by atoms with Crippen molar-refractivity contribution in [3.63, 3.8) is 0 Å². The number of unbranched alkanes of at least 4 members (excludes halogenated alkanes) is 1. The molecule has 5 heteroatoms. The van der Waals surface area contributed by atoms with Crippen LogP contribution >= 0.6 is 22.6 Å². The first-order valence-corrected chi connectivity index (χ1v) is 7.40. The quantitative estimate of drug-likeness (QED) is 0.560. The molecule has 0 bridgehead atoms. The molecule has 0 aliphatic heterocycles. The van der Waals surface area contributed by atoms with Crippen molar-refractivity contribution < 1.29 is 9.59 Å². The fourth-order valence-electron chi connectivity index (χ4n) is 1.75. The first-order valence-electron chi connectivity index (χ1n) is 6.32. The number of hydrogen-bond acceptors (Lipinski definition) is 3. The van der Waals surface area contributed by atoms with E-state index in [0.29, 0.717) is 5.56 Å². The minimum Gasteiger partial charge on any atom is -0.369 e. The smallest absolute Gasteiger partial charge is 0.231 e. The Morgan fingerprint density at radius 2 is 1.84 bits per heavy atom. The Morgan fingerprint density at radius 3 is 2.37 bits per heavy atom. The van der Waals surface area contributed by atoms with Crippen LogP contribution in [0.15, 0.2) is 24.3 Å². The van der Waals surface area contributed by atoms with E-state index in [1.54, 1.807) is 0 Å². The van der Waals surface area contributed by atoms with Crippen molar-refractivity contribution >= 4 is 34.3 Å². The van der Waals surface area contributed by atoms with Crippen LogP contribution in [0.3, 0.4) is 0 Å². The van der Waals surface area contributed by atoms with Gasteiger partial charge in [0.05, 0.1) is 13.1 Å². The van der Waals surface area contributed by atoms with Gasteiger partial charge in [0.2, 0.25) is 5.91 Å². The number of nitrogens with zero attached hydrogens (tertiary/aromatic N) is 1. The summed E-state index contributed by atoms with van der Waals surface area (Å²) in [6, 6.07) is 7.43. The molecule has 4 nitrogen and oxygen atoms in total. The van der Waals surface area contributed by atoms with E-state index in [9.17, 15) is 9.59 Å². The van der Waals surface area contributed by atoms with Crippen LogP contribution in [0.5, 0.6) is 0 Å². The Labute approximate surface area is 127 Å². The van der Waals surface area contributed by atoms with Crippen LogP contribution in [0.4, 0.5) is 0 Å². The van der Waals surface area contributed by atoms with E-state index in [4.69, 9.17) is 5.73 Å². The number of rotatable bonds is 8.